The highest BCUT2D eigenvalue weighted by atomic mass is 16.4. The number of benzene rings is 1. The molecule has 63 valence electrons. The summed E-state index contributed by atoms with van der Waals surface area (Å²) in [6.07, 6.45) is 0. The Labute approximate surface area is 69.8 Å². The Morgan fingerprint density at radius 3 is 2.83 bits per heavy atom. The molecule has 0 fully saturated rings. The van der Waals surface area contributed by atoms with Gasteiger partial charge < -0.3 is 16.6 Å². The minimum absolute atomic E-state index is 0.393. The van der Waals surface area contributed by atoms with E-state index in [9.17, 15) is 4.79 Å². The van der Waals surface area contributed by atoms with Gasteiger partial charge in [-0.25, -0.2) is 0 Å². The summed E-state index contributed by atoms with van der Waals surface area (Å²) in [5.41, 5.74) is 11.6. The number of hydrogen-bond acceptors (Lipinski definition) is 3. The first-order valence-electron chi connectivity index (χ1n) is 3.37. The van der Waals surface area contributed by atoms with Crippen molar-refractivity contribution in [3.8, 4) is 0 Å². The number of carboxylic acid groups (broad SMARTS) is 1. The Morgan fingerprint density at radius 1 is 1.67 bits per heavy atom. The monoisotopic (exact) mass is 165 g/mol. The van der Waals surface area contributed by atoms with Crippen molar-refractivity contribution >= 4 is 11.7 Å². The van der Waals surface area contributed by atoms with E-state index in [4.69, 9.17) is 16.6 Å². The molecule has 0 spiro atoms. The van der Waals surface area contributed by atoms with Crippen molar-refractivity contribution in [2.45, 2.75) is 6.04 Å². The Kier molecular flexibility index (Phi) is 2.30. The number of nitrogens with two attached hydrogens (primary N) is 2. The zero-order valence-electron chi connectivity index (χ0n) is 6.32. The van der Waals surface area contributed by atoms with E-state index in [1.165, 1.54) is 6.07 Å². The number of hydrogen-bond donors (Lipinski definition) is 3. The summed E-state index contributed by atoms with van der Waals surface area (Å²) in [6, 6.07) is 6.31. The molecule has 1 unspecified atom stereocenters. The van der Waals surface area contributed by atoms with Crippen LogP contribution in [0.25, 0.3) is 0 Å². The van der Waals surface area contributed by atoms with Gasteiger partial charge in [-0.15, -0.1) is 0 Å². The molecule has 0 aliphatic carbocycles. The first-order chi connectivity index (χ1) is 5.61. The van der Waals surface area contributed by atoms with Gasteiger partial charge in [0.25, 0.3) is 0 Å². The molecule has 0 aliphatic heterocycles. The van der Waals surface area contributed by atoms with Gasteiger partial charge in [0.1, 0.15) is 6.04 Å². The zero-order valence-corrected chi connectivity index (χ0v) is 6.32. The van der Waals surface area contributed by atoms with E-state index in [0.717, 1.165) is 0 Å². The molecule has 5 N–H and O–H groups in total. The van der Waals surface area contributed by atoms with Crippen LogP contribution >= 0.6 is 0 Å². The normalized spacial score (nSPS) is 12.4. The molecule has 12 heavy (non-hydrogen) atoms. The molecule has 1 rings (SSSR count). The second-order valence-electron chi connectivity index (χ2n) is 2.39. The summed E-state index contributed by atoms with van der Waals surface area (Å²) in [4.78, 5) is 10.4. The van der Waals surface area contributed by atoms with Gasteiger partial charge in [-0.3, -0.25) is 4.79 Å². The smallest absolute Gasteiger partial charge is 0.325 e. The molecule has 0 saturated heterocycles. The Bertz CT molecular complexity index is 299. The first-order valence-corrected chi connectivity index (χ1v) is 3.37. The lowest BCUT2D eigenvalue weighted by Crippen LogP contribution is -2.20. The van der Waals surface area contributed by atoms with Crippen LogP contribution in [-0.2, 0) is 4.79 Å². The fourth-order valence-electron chi connectivity index (χ4n) is 0.839. The fraction of sp³-hybridized carbons (Fsp3) is 0.125. The number of carboxylic acids is 1. The molecule has 1 atom stereocenters. The molecule has 4 heteroatoms. The van der Waals surface area contributed by atoms with Crippen LogP contribution in [0.1, 0.15) is 11.6 Å². The third kappa shape index (κ3) is 1.73. The molecule has 0 amide bonds. The molecule has 0 heterocycles. The summed E-state index contributed by atoms with van der Waals surface area (Å²) >= 11 is 0. The molecular formula is C8H9N2O2. The molecule has 1 radical (unpaired) electrons. The molecule has 1 aromatic rings. The highest BCUT2D eigenvalue weighted by molar-refractivity contribution is 5.75. The van der Waals surface area contributed by atoms with E-state index in [2.05, 4.69) is 6.07 Å². The first kappa shape index (κ1) is 8.55. The van der Waals surface area contributed by atoms with Crippen molar-refractivity contribution in [3.05, 3.63) is 29.8 Å². The van der Waals surface area contributed by atoms with Crippen LogP contribution in [-0.4, -0.2) is 11.1 Å². The van der Waals surface area contributed by atoms with Crippen molar-refractivity contribution in [2.24, 2.45) is 5.73 Å². The van der Waals surface area contributed by atoms with Gasteiger partial charge >= 0.3 is 5.97 Å². The van der Waals surface area contributed by atoms with Gasteiger partial charge in [-0.05, 0) is 11.6 Å². The second-order valence-corrected chi connectivity index (χ2v) is 2.39. The van der Waals surface area contributed by atoms with Crippen LogP contribution in [0, 0.1) is 6.07 Å². The van der Waals surface area contributed by atoms with Gasteiger partial charge in [0.05, 0.1) is 0 Å². The highest BCUT2D eigenvalue weighted by Crippen LogP contribution is 2.12. The average Bonchev–Trinajstić information content (AvgIpc) is 2.03. The van der Waals surface area contributed by atoms with E-state index < -0.39 is 12.0 Å². The van der Waals surface area contributed by atoms with E-state index in [1.807, 2.05) is 0 Å². The Morgan fingerprint density at radius 2 is 2.33 bits per heavy atom. The van der Waals surface area contributed by atoms with E-state index in [1.54, 1.807) is 12.1 Å². The van der Waals surface area contributed by atoms with Crippen LogP contribution in [0.3, 0.4) is 0 Å². The van der Waals surface area contributed by atoms with Gasteiger partial charge in [0.15, 0.2) is 0 Å². The lowest BCUT2D eigenvalue weighted by Gasteiger charge is -2.06. The van der Waals surface area contributed by atoms with Gasteiger partial charge in [0.2, 0.25) is 0 Å². The van der Waals surface area contributed by atoms with Crippen molar-refractivity contribution < 1.29 is 9.90 Å². The number of anilines is 1. The molecule has 0 saturated carbocycles. The quantitative estimate of drug-likeness (QED) is 0.544. The number of rotatable bonds is 2. The Balaban J connectivity index is 2.95. The van der Waals surface area contributed by atoms with Crippen LogP contribution in [0.5, 0.6) is 0 Å². The minimum Gasteiger partial charge on any atom is -0.480 e. The Hall–Kier alpha value is -1.55. The largest absolute Gasteiger partial charge is 0.480 e. The molecule has 4 nitrogen and oxygen atoms in total. The van der Waals surface area contributed by atoms with Gasteiger partial charge in [-0.2, -0.15) is 0 Å². The van der Waals surface area contributed by atoms with Crippen LogP contribution < -0.4 is 11.5 Å². The third-order valence-electron chi connectivity index (χ3n) is 1.47. The lowest BCUT2D eigenvalue weighted by molar-refractivity contribution is -0.138. The lowest BCUT2D eigenvalue weighted by atomic mass is 10.1. The van der Waals surface area contributed by atoms with Crippen molar-refractivity contribution in [1.29, 1.82) is 0 Å². The van der Waals surface area contributed by atoms with Crippen LogP contribution in [0.15, 0.2) is 18.2 Å². The zero-order chi connectivity index (χ0) is 9.14. The summed E-state index contributed by atoms with van der Waals surface area (Å²) in [5.74, 6) is -1.07. The number of aliphatic carboxylic acids is 1. The predicted molar refractivity (Wildman–Crippen MR) is 44.3 cm³/mol. The average molecular weight is 165 g/mol. The summed E-state index contributed by atoms with van der Waals surface area (Å²) in [6.45, 7) is 0. The standard InChI is InChI=1S/C8H9N2O2/c9-6-3-1-2-5(4-6)7(10)8(11)12/h1-2,4,7H,9-10H2,(H,11,12). The van der Waals surface area contributed by atoms with E-state index in [-0.39, 0.29) is 0 Å². The maximum absolute atomic E-state index is 10.4. The van der Waals surface area contributed by atoms with Crippen LogP contribution in [0.2, 0.25) is 0 Å². The fourth-order valence-corrected chi connectivity index (χ4v) is 0.839. The van der Waals surface area contributed by atoms with Gasteiger partial charge in [-0.1, -0.05) is 12.1 Å². The predicted octanol–water partition coefficient (Wildman–Crippen LogP) is 0.153. The highest BCUT2D eigenvalue weighted by Gasteiger charge is 2.13. The number of carbonyl (C=O) groups is 1. The third-order valence-corrected chi connectivity index (χ3v) is 1.47. The summed E-state index contributed by atoms with van der Waals surface area (Å²) in [5, 5.41) is 8.55. The molecule has 0 bridgehead atoms. The van der Waals surface area contributed by atoms with E-state index >= 15 is 0 Å². The second kappa shape index (κ2) is 3.23. The van der Waals surface area contributed by atoms with E-state index in [0.29, 0.717) is 11.3 Å². The SMILES string of the molecule is Nc1[c]ccc(C(N)C(=O)O)c1. The maximum Gasteiger partial charge on any atom is 0.325 e. The van der Waals surface area contributed by atoms with Crippen molar-refractivity contribution in [2.75, 3.05) is 5.73 Å². The minimum atomic E-state index is -1.07. The molecular weight excluding hydrogens is 156 g/mol. The molecule has 0 aliphatic rings. The van der Waals surface area contributed by atoms with Crippen LogP contribution in [0.4, 0.5) is 5.69 Å². The summed E-state index contributed by atoms with van der Waals surface area (Å²) in [7, 11) is 0. The molecule has 1 aromatic carbocycles. The van der Waals surface area contributed by atoms with Crippen molar-refractivity contribution in [3.63, 3.8) is 0 Å². The topological polar surface area (TPSA) is 89.3 Å². The maximum atomic E-state index is 10.4. The summed E-state index contributed by atoms with van der Waals surface area (Å²) < 4.78 is 0. The van der Waals surface area contributed by atoms with Gasteiger partial charge in [0, 0.05) is 11.8 Å². The van der Waals surface area contributed by atoms with Crippen molar-refractivity contribution in [1.82, 2.24) is 0 Å². The molecule has 0 aromatic heterocycles. The number of nitrogen functional groups attached to an aromatic ring is 1.